The third-order valence-corrected chi connectivity index (χ3v) is 2.38. The molecule has 1 aromatic rings. The van der Waals surface area contributed by atoms with E-state index in [0.29, 0.717) is 5.92 Å². The number of ether oxygens (including phenoxy) is 1. The minimum Gasteiger partial charge on any atom is -0.490 e. The van der Waals surface area contributed by atoms with E-state index in [1.54, 1.807) is 6.20 Å². The van der Waals surface area contributed by atoms with Crippen LogP contribution in [0.3, 0.4) is 0 Å². The maximum atomic E-state index is 9.18. The molecule has 0 aromatic carbocycles. The summed E-state index contributed by atoms with van der Waals surface area (Å²) >= 11 is 0. The van der Waals surface area contributed by atoms with Gasteiger partial charge in [0.25, 0.3) is 0 Å². The van der Waals surface area contributed by atoms with Crippen LogP contribution >= 0.6 is 0 Å². The van der Waals surface area contributed by atoms with Gasteiger partial charge >= 0.3 is 0 Å². The zero-order valence-corrected chi connectivity index (χ0v) is 10.5. The molecule has 0 saturated carbocycles. The predicted molar refractivity (Wildman–Crippen MR) is 64.4 cm³/mol. The Balaban J connectivity index is 2.74. The smallest absolute Gasteiger partial charge is 0.128 e. The summed E-state index contributed by atoms with van der Waals surface area (Å²) in [6.45, 7) is 8.28. The van der Waals surface area contributed by atoms with Crippen molar-refractivity contribution in [3.8, 4) is 5.75 Å². The van der Waals surface area contributed by atoms with Crippen LogP contribution in [-0.4, -0.2) is 16.2 Å². The van der Waals surface area contributed by atoms with E-state index in [-0.39, 0.29) is 12.7 Å². The summed E-state index contributed by atoms with van der Waals surface area (Å²) in [7, 11) is 0. The lowest BCUT2D eigenvalue weighted by atomic mass is 10.1. The Morgan fingerprint density at radius 2 is 2.06 bits per heavy atom. The van der Waals surface area contributed by atoms with Crippen molar-refractivity contribution in [3.05, 3.63) is 23.5 Å². The van der Waals surface area contributed by atoms with Crippen LogP contribution in [-0.2, 0) is 6.61 Å². The van der Waals surface area contributed by atoms with Crippen LogP contribution in [0.4, 0.5) is 0 Å². The maximum Gasteiger partial charge on any atom is 0.128 e. The third kappa shape index (κ3) is 3.81. The molecule has 0 aliphatic rings. The number of pyridine rings is 1. The predicted octanol–water partition coefficient (Wildman–Crippen LogP) is 2.70. The molecular weight excluding hydrogens is 202 g/mol. The van der Waals surface area contributed by atoms with E-state index < -0.39 is 0 Å². The SMILES string of the molecule is Cc1cc(OC(C)CC(C)C)c(CO)cn1. The molecule has 0 saturated heterocycles. The first-order valence-corrected chi connectivity index (χ1v) is 5.76. The number of aryl methyl sites for hydroxylation is 1. The Morgan fingerprint density at radius 3 is 2.62 bits per heavy atom. The Morgan fingerprint density at radius 1 is 1.38 bits per heavy atom. The van der Waals surface area contributed by atoms with Gasteiger partial charge in [0.15, 0.2) is 0 Å². The highest BCUT2D eigenvalue weighted by atomic mass is 16.5. The molecule has 90 valence electrons. The Kier molecular flexibility index (Phi) is 4.74. The third-order valence-electron chi connectivity index (χ3n) is 2.38. The molecule has 1 unspecified atom stereocenters. The van der Waals surface area contributed by atoms with Crippen molar-refractivity contribution in [2.24, 2.45) is 5.92 Å². The molecule has 1 aromatic heterocycles. The number of aromatic nitrogens is 1. The van der Waals surface area contributed by atoms with Gasteiger partial charge < -0.3 is 9.84 Å². The van der Waals surface area contributed by atoms with Gasteiger partial charge in [-0.05, 0) is 26.2 Å². The lowest BCUT2D eigenvalue weighted by Crippen LogP contribution is -2.15. The molecule has 1 N–H and O–H groups in total. The lowest BCUT2D eigenvalue weighted by Gasteiger charge is -2.18. The van der Waals surface area contributed by atoms with Gasteiger partial charge in [-0.25, -0.2) is 0 Å². The van der Waals surface area contributed by atoms with E-state index >= 15 is 0 Å². The van der Waals surface area contributed by atoms with Crippen LogP contribution in [0, 0.1) is 12.8 Å². The Bertz CT molecular complexity index is 337. The van der Waals surface area contributed by atoms with Crippen LogP contribution in [0.5, 0.6) is 5.75 Å². The van der Waals surface area contributed by atoms with Crippen molar-refractivity contribution in [1.29, 1.82) is 0 Å². The first-order valence-electron chi connectivity index (χ1n) is 5.76. The van der Waals surface area contributed by atoms with Gasteiger partial charge in [-0.3, -0.25) is 4.98 Å². The molecule has 0 bridgehead atoms. The number of rotatable bonds is 5. The second-order valence-corrected chi connectivity index (χ2v) is 4.65. The average Bonchev–Trinajstić information content (AvgIpc) is 2.16. The summed E-state index contributed by atoms with van der Waals surface area (Å²) in [6.07, 6.45) is 2.84. The quantitative estimate of drug-likeness (QED) is 0.834. The molecule has 0 aliphatic heterocycles. The molecule has 16 heavy (non-hydrogen) atoms. The highest BCUT2D eigenvalue weighted by molar-refractivity contribution is 5.32. The monoisotopic (exact) mass is 223 g/mol. The van der Waals surface area contributed by atoms with Crippen LogP contribution < -0.4 is 4.74 Å². The summed E-state index contributed by atoms with van der Waals surface area (Å²) in [6, 6.07) is 1.88. The van der Waals surface area contributed by atoms with Crippen molar-refractivity contribution in [2.75, 3.05) is 0 Å². The number of hydrogen-bond acceptors (Lipinski definition) is 3. The van der Waals surface area contributed by atoms with Crippen molar-refractivity contribution in [1.82, 2.24) is 4.98 Å². The number of aliphatic hydroxyl groups is 1. The topological polar surface area (TPSA) is 42.4 Å². The van der Waals surface area contributed by atoms with E-state index in [2.05, 4.69) is 25.8 Å². The Labute approximate surface area is 97.5 Å². The lowest BCUT2D eigenvalue weighted by molar-refractivity contribution is 0.185. The normalized spacial score (nSPS) is 12.9. The van der Waals surface area contributed by atoms with E-state index in [9.17, 15) is 5.11 Å². The van der Waals surface area contributed by atoms with Gasteiger partial charge in [-0.2, -0.15) is 0 Å². The molecule has 0 spiro atoms. The fourth-order valence-corrected chi connectivity index (χ4v) is 1.72. The van der Waals surface area contributed by atoms with E-state index in [4.69, 9.17) is 4.74 Å². The van der Waals surface area contributed by atoms with Crippen LogP contribution in [0.2, 0.25) is 0 Å². The molecule has 1 rings (SSSR count). The van der Waals surface area contributed by atoms with Crippen molar-refractivity contribution in [3.63, 3.8) is 0 Å². The molecule has 3 nitrogen and oxygen atoms in total. The summed E-state index contributed by atoms with van der Waals surface area (Å²) in [4.78, 5) is 4.14. The number of hydrogen-bond donors (Lipinski definition) is 1. The van der Waals surface area contributed by atoms with Gasteiger partial charge in [0.2, 0.25) is 0 Å². The molecule has 1 heterocycles. The fraction of sp³-hybridized carbons (Fsp3) is 0.615. The van der Waals surface area contributed by atoms with Crippen molar-refractivity contribution in [2.45, 2.75) is 46.8 Å². The highest BCUT2D eigenvalue weighted by Crippen LogP contribution is 2.21. The van der Waals surface area contributed by atoms with Crippen LogP contribution in [0.25, 0.3) is 0 Å². The molecule has 3 heteroatoms. The number of aliphatic hydroxyl groups excluding tert-OH is 1. The maximum absolute atomic E-state index is 9.18. The minimum atomic E-state index is -0.0307. The summed E-state index contributed by atoms with van der Waals surface area (Å²) in [5.74, 6) is 1.36. The van der Waals surface area contributed by atoms with Crippen LogP contribution in [0.15, 0.2) is 12.3 Å². The van der Waals surface area contributed by atoms with E-state index in [1.807, 2.05) is 13.0 Å². The minimum absolute atomic E-state index is 0.0307. The number of nitrogens with zero attached hydrogens (tertiary/aromatic N) is 1. The van der Waals surface area contributed by atoms with Gasteiger partial charge in [0.1, 0.15) is 5.75 Å². The average molecular weight is 223 g/mol. The second-order valence-electron chi connectivity index (χ2n) is 4.65. The van der Waals surface area contributed by atoms with Crippen LogP contribution in [0.1, 0.15) is 38.4 Å². The standard InChI is InChI=1S/C13H21NO2/c1-9(2)5-11(4)16-13-6-10(3)14-7-12(13)8-15/h6-7,9,11,15H,5,8H2,1-4H3. The summed E-state index contributed by atoms with van der Waals surface area (Å²) < 4.78 is 5.83. The zero-order valence-electron chi connectivity index (χ0n) is 10.5. The molecule has 1 atom stereocenters. The molecule has 0 amide bonds. The van der Waals surface area contributed by atoms with Crippen molar-refractivity contribution >= 4 is 0 Å². The highest BCUT2D eigenvalue weighted by Gasteiger charge is 2.10. The first-order chi connectivity index (χ1) is 7.52. The zero-order chi connectivity index (χ0) is 12.1. The fourth-order valence-electron chi connectivity index (χ4n) is 1.72. The van der Waals surface area contributed by atoms with Gasteiger partial charge in [0.05, 0.1) is 12.7 Å². The second kappa shape index (κ2) is 5.85. The first kappa shape index (κ1) is 13.0. The Hall–Kier alpha value is -1.09. The van der Waals surface area contributed by atoms with Gasteiger partial charge in [-0.1, -0.05) is 13.8 Å². The largest absolute Gasteiger partial charge is 0.490 e. The van der Waals surface area contributed by atoms with Gasteiger partial charge in [0, 0.05) is 23.5 Å². The molecule has 0 aliphatic carbocycles. The molecule has 0 fully saturated rings. The summed E-state index contributed by atoms with van der Waals surface area (Å²) in [5.41, 5.74) is 1.66. The van der Waals surface area contributed by atoms with E-state index in [0.717, 1.165) is 23.4 Å². The van der Waals surface area contributed by atoms with Gasteiger partial charge in [-0.15, -0.1) is 0 Å². The van der Waals surface area contributed by atoms with Crippen molar-refractivity contribution < 1.29 is 9.84 Å². The molecular formula is C13H21NO2. The van der Waals surface area contributed by atoms with E-state index in [1.165, 1.54) is 0 Å². The summed E-state index contributed by atoms with van der Waals surface area (Å²) in [5, 5.41) is 9.18. The molecule has 0 radical (unpaired) electrons.